The Labute approximate surface area is 176 Å². The van der Waals surface area contributed by atoms with Crippen molar-refractivity contribution in [2.45, 2.75) is 69.5 Å². The van der Waals surface area contributed by atoms with Gasteiger partial charge in [0, 0.05) is 25.6 Å². The topological polar surface area (TPSA) is 58.6 Å². The van der Waals surface area contributed by atoms with Crippen molar-refractivity contribution in [2.75, 3.05) is 19.6 Å². The van der Waals surface area contributed by atoms with Gasteiger partial charge in [-0.25, -0.2) is 8.78 Å². The van der Waals surface area contributed by atoms with Crippen LogP contribution in [0.3, 0.4) is 0 Å². The van der Waals surface area contributed by atoms with Crippen LogP contribution in [0.5, 0.6) is 0 Å². The van der Waals surface area contributed by atoms with E-state index in [-0.39, 0.29) is 29.1 Å². The van der Waals surface area contributed by atoms with E-state index in [1.807, 2.05) is 0 Å². The number of rotatable bonds is 4. The molecule has 3 fully saturated rings. The highest BCUT2D eigenvalue weighted by Crippen LogP contribution is 2.39. The molecule has 164 valence electrons. The van der Waals surface area contributed by atoms with Crippen LogP contribution in [-0.2, 0) is 9.53 Å². The first-order valence-corrected chi connectivity index (χ1v) is 11.2. The summed E-state index contributed by atoms with van der Waals surface area (Å²) >= 11 is 0. The van der Waals surface area contributed by atoms with Crippen LogP contribution in [0, 0.1) is 17.6 Å². The Morgan fingerprint density at radius 3 is 2.53 bits per heavy atom. The minimum atomic E-state index is -1.09. The van der Waals surface area contributed by atoms with Crippen molar-refractivity contribution in [1.82, 2.24) is 10.2 Å². The third-order valence-corrected chi connectivity index (χ3v) is 6.96. The predicted molar refractivity (Wildman–Crippen MR) is 108 cm³/mol. The summed E-state index contributed by atoms with van der Waals surface area (Å²) < 4.78 is 33.7. The Balaban J connectivity index is 1.26. The number of hydrogen-bond acceptors (Lipinski definition) is 3. The first-order valence-electron chi connectivity index (χ1n) is 11.2. The van der Waals surface area contributed by atoms with Gasteiger partial charge in [0.25, 0.3) is 5.91 Å². The molecular formula is C23H30F2N2O3. The smallest absolute Gasteiger partial charge is 0.256 e. The molecule has 1 unspecified atom stereocenters. The van der Waals surface area contributed by atoms with Crippen LogP contribution in [0.1, 0.15) is 68.1 Å². The van der Waals surface area contributed by atoms with E-state index in [4.69, 9.17) is 4.74 Å². The normalized spacial score (nSPS) is 24.2. The molecule has 3 aliphatic rings. The lowest BCUT2D eigenvalue weighted by molar-refractivity contribution is -0.127. The lowest BCUT2D eigenvalue weighted by Crippen LogP contribution is -2.47. The van der Waals surface area contributed by atoms with Gasteiger partial charge in [0.15, 0.2) is 11.6 Å². The standard InChI is InChI=1S/C23H30F2N2O3/c24-19-8-4-7-18(20(19)25)22(29)27-13-11-23(12-14-27)10-9-17(30-23)15-26-21(28)16-5-2-1-3-6-16/h4,7-8,16-17H,1-3,5-6,9-15H2,(H,26,28). The maximum atomic E-state index is 14.0. The number of amides is 2. The quantitative estimate of drug-likeness (QED) is 0.806. The van der Waals surface area contributed by atoms with E-state index in [1.54, 1.807) is 4.90 Å². The number of likely N-dealkylation sites (tertiary alicyclic amines) is 1. The molecule has 1 atom stereocenters. The number of hydrogen-bond donors (Lipinski definition) is 1. The first-order chi connectivity index (χ1) is 14.5. The van der Waals surface area contributed by atoms with E-state index in [9.17, 15) is 18.4 Å². The maximum Gasteiger partial charge on any atom is 0.256 e. The molecule has 1 saturated carbocycles. The fourth-order valence-corrected chi connectivity index (χ4v) is 5.09. The Kier molecular flexibility index (Phi) is 6.37. The molecular weight excluding hydrogens is 390 g/mol. The van der Waals surface area contributed by atoms with Crippen LogP contribution < -0.4 is 5.32 Å². The number of halogens is 2. The van der Waals surface area contributed by atoms with Crippen molar-refractivity contribution in [2.24, 2.45) is 5.92 Å². The fraction of sp³-hybridized carbons (Fsp3) is 0.652. The van der Waals surface area contributed by atoms with Crippen LogP contribution in [0.4, 0.5) is 8.78 Å². The zero-order valence-corrected chi connectivity index (χ0v) is 17.3. The minimum absolute atomic E-state index is 0.000422. The van der Waals surface area contributed by atoms with E-state index >= 15 is 0 Å². The van der Waals surface area contributed by atoms with Crippen LogP contribution in [-0.4, -0.2) is 48.1 Å². The molecule has 7 heteroatoms. The number of nitrogens with one attached hydrogen (secondary N) is 1. The largest absolute Gasteiger partial charge is 0.370 e. The molecule has 30 heavy (non-hydrogen) atoms. The Morgan fingerprint density at radius 2 is 1.80 bits per heavy atom. The summed E-state index contributed by atoms with van der Waals surface area (Å²) in [6, 6.07) is 3.68. The summed E-state index contributed by atoms with van der Waals surface area (Å²) in [5.74, 6) is -2.28. The monoisotopic (exact) mass is 420 g/mol. The highest BCUT2D eigenvalue weighted by Gasteiger charge is 2.43. The van der Waals surface area contributed by atoms with Crippen molar-refractivity contribution in [3.63, 3.8) is 0 Å². The van der Waals surface area contributed by atoms with Gasteiger partial charge in [-0.2, -0.15) is 0 Å². The molecule has 2 saturated heterocycles. The molecule has 1 aliphatic carbocycles. The van der Waals surface area contributed by atoms with Gasteiger partial charge in [0.05, 0.1) is 17.3 Å². The van der Waals surface area contributed by atoms with Crippen LogP contribution in [0.2, 0.25) is 0 Å². The first kappa shape index (κ1) is 21.2. The number of carbonyl (C=O) groups is 2. The van der Waals surface area contributed by atoms with Crippen LogP contribution in [0.15, 0.2) is 18.2 Å². The number of nitrogens with zero attached hydrogens (tertiary/aromatic N) is 1. The second-order valence-electron chi connectivity index (χ2n) is 8.94. The van der Waals surface area contributed by atoms with Gasteiger partial charge < -0.3 is 15.0 Å². The molecule has 0 bridgehead atoms. The number of ether oxygens (including phenoxy) is 1. The molecule has 5 nitrogen and oxygen atoms in total. The van der Waals surface area contributed by atoms with Crippen molar-refractivity contribution in [3.8, 4) is 0 Å². The maximum absolute atomic E-state index is 14.0. The van der Waals surface area contributed by atoms with Gasteiger partial charge in [0.2, 0.25) is 5.91 Å². The van der Waals surface area contributed by atoms with Gasteiger partial charge in [-0.05, 0) is 50.7 Å². The van der Waals surface area contributed by atoms with Gasteiger partial charge in [-0.1, -0.05) is 25.3 Å². The zero-order valence-electron chi connectivity index (χ0n) is 17.3. The Bertz CT molecular complexity index is 787. The molecule has 1 aromatic rings. The third kappa shape index (κ3) is 4.51. The summed E-state index contributed by atoms with van der Waals surface area (Å²) in [6.45, 7) is 1.44. The highest BCUT2D eigenvalue weighted by atomic mass is 19.2. The average Bonchev–Trinajstić information content (AvgIpc) is 3.17. The predicted octanol–water partition coefficient (Wildman–Crippen LogP) is 3.82. The van der Waals surface area contributed by atoms with Gasteiger partial charge >= 0.3 is 0 Å². The average molecular weight is 421 g/mol. The summed E-state index contributed by atoms with van der Waals surface area (Å²) in [5, 5.41) is 3.07. The fourth-order valence-electron chi connectivity index (χ4n) is 5.09. The third-order valence-electron chi connectivity index (χ3n) is 6.96. The second kappa shape index (κ2) is 9.00. The zero-order chi connectivity index (χ0) is 21.1. The molecule has 1 N–H and O–H groups in total. The van der Waals surface area contributed by atoms with E-state index < -0.39 is 17.5 Å². The van der Waals surface area contributed by atoms with E-state index in [1.165, 1.54) is 18.6 Å². The van der Waals surface area contributed by atoms with Crippen molar-refractivity contribution < 1.29 is 23.1 Å². The lowest BCUT2D eigenvalue weighted by atomic mass is 9.88. The van der Waals surface area contributed by atoms with Crippen LogP contribution >= 0.6 is 0 Å². The molecule has 2 aliphatic heterocycles. The van der Waals surface area contributed by atoms with Crippen LogP contribution in [0.25, 0.3) is 0 Å². The number of piperidine rings is 1. The van der Waals surface area contributed by atoms with Gasteiger partial charge in [0.1, 0.15) is 0 Å². The minimum Gasteiger partial charge on any atom is -0.370 e. The number of carbonyl (C=O) groups excluding carboxylic acids is 2. The molecule has 2 heterocycles. The molecule has 2 amide bonds. The Hall–Kier alpha value is -2.02. The summed E-state index contributed by atoms with van der Waals surface area (Å²) in [6.07, 6.45) is 8.58. The van der Waals surface area contributed by atoms with Crippen molar-refractivity contribution in [1.29, 1.82) is 0 Å². The van der Waals surface area contributed by atoms with Gasteiger partial charge in [-0.3, -0.25) is 9.59 Å². The molecule has 1 spiro atoms. The van der Waals surface area contributed by atoms with Crippen molar-refractivity contribution >= 4 is 11.8 Å². The molecule has 0 aromatic heterocycles. The lowest BCUT2D eigenvalue weighted by Gasteiger charge is -2.39. The SMILES string of the molecule is O=C(NCC1CCC2(CCN(C(=O)c3cccc(F)c3F)CC2)O1)C1CCCCC1. The summed E-state index contributed by atoms with van der Waals surface area (Å²) in [5.41, 5.74) is -0.501. The molecule has 1 aromatic carbocycles. The van der Waals surface area contributed by atoms with E-state index in [0.717, 1.165) is 44.6 Å². The summed E-state index contributed by atoms with van der Waals surface area (Å²) in [7, 11) is 0. The van der Waals surface area contributed by atoms with E-state index in [2.05, 4.69) is 5.32 Å². The summed E-state index contributed by atoms with van der Waals surface area (Å²) in [4.78, 5) is 26.5. The molecule has 4 rings (SSSR count). The van der Waals surface area contributed by atoms with Crippen molar-refractivity contribution in [3.05, 3.63) is 35.4 Å². The second-order valence-corrected chi connectivity index (χ2v) is 8.94. The number of benzene rings is 1. The highest BCUT2D eigenvalue weighted by molar-refractivity contribution is 5.94. The molecule has 0 radical (unpaired) electrons. The van der Waals surface area contributed by atoms with E-state index in [0.29, 0.717) is 32.5 Å². The Morgan fingerprint density at radius 1 is 1.07 bits per heavy atom. The van der Waals surface area contributed by atoms with Gasteiger partial charge in [-0.15, -0.1) is 0 Å².